The van der Waals surface area contributed by atoms with Gasteiger partial charge in [0.15, 0.2) is 11.5 Å². The quantitative estimate of drug-likeness (QED) is 0.787. The van der Waals surface area contributed by atoms with Gasteiger partial charge in [-0.1, -0.05) is 6.07 Å². The number of benzene rings is 1. The molecule has 8 heteroatoms. The summed E-state index contributed by atoms with van der Waals surface area (Å²) in [5.41, 5.74) is 1.99. The summed E-state index contributed by atoms with van der Waals surface area (Å²) in [6.45, 7) is 1.04. The van der Waals surface area contributed by atoms with Crippen molar-refractivity contribution in [3.63, 3.8) is 0 Å². The Labute approximate surface area is 177 Å². The summed E-state index contributed by atoms with van der Waals surface area (Å²) in [5.74, 6) is 1.52. The first-order valence-electron chi connectivity index (χ1n) is 10.3. The zero-order valence-corrected chi connectivity index (χ0v) is 17.7. The lowest BCUT2D eigenvalue weighted by Gasteiger charge is -2.45. The van der Waals surface area contributed by atoms with Gasteiger partial charge in [0.25, 0.3) is 0 Å². The molecular formula is C22H29N5O3. The van der Waals surface area contributed by atoms with E-state index in [4.69, 9.17) is 9.47 Å². The Morgan fingerprint density at radius 1 is 1.17 bits per heavy atom. The molecule has 8 nitrogen and oxygen atoms in total. The summed E-state index contributed by atoms with van der Waals surface area (Å²) in [7, 11) is 5.51. The third-order valence-corrected chi connectivity index (χ3v) is 6.66. The van der Waals surface area contributed by atoms with E-state index in [1.54, 1.807) is 26.5 Å². The highest BCUT2D eigenvalue weighted by Gasteiger charge is 2.50. The van der Waals surface area contributed by atoms with Crippen molar-refractivity contribution in [1.29, 1.82) is 0 Å². The number of likely N-dealkylation sites (N-methyl/N-ethyl adjacent to an activating group) is 1. The minimum absolute atomic E-state index is 0.0674. The highest BCUT2D eigenvalue weighted by Crippen LogP contribution is 2.49. The number of ether oxygens (including phenoxy) is 2. The number of amides is 2. The smallest absolute Gasteiger partial charge is 0.319 e. The Hall–Kier alpha value is -2.87. The Bertz CT molecular complexity index is 894. The molecule has 2 aliphatic rings. The Morgan fingerprint density at radius 3 is 2.73 bits per heavy atom. The number of anilines is 1. The fourth-order valence-electron chi connectivity index (χ4n) is 5.11. The molecule has 3 unspecified atom stereocenters. The molecule has 1 aliphatic carbocycles. The Morgan fingerprint density at radius 2 is 2.00 bits per heavy atom. The number of hydrogen-bond acceptors (Lipinski definition) is 6. The van der Waals surface area contributed by atoms with Gasteiger partial charge >= 0.3 is 6.03 Å². The van der Waals surface area contributed by atoms with Crippen molar-refractivity contribution in [2.45, 2.75) is 43.2 Å². The van der Waals surface area contributed by atoms with E-state index in [1.165, 1.54) is 11.8 Å². The number of urea groups is 1. The number of nitrogens with zero attached hydrogens (tertiary/aromatic N) is 3. The number of fused-ring (bicyclic) bond motifs is 1. The molecule has 2 heterocycles. The lowest BCUT2D eigenvalue weighted by Crippen LogP contribution is -2.52. The second-order valence-corrected chi connectivity index (χ2v) is 8.17. The van der Waals surface area contributed by atoms with Gasteiger partial charge in [-0.3, -0.25) is 0 Å². The van der Waals surface area contributed by atoms with E-state index in [0.717, 1.165) is 43.7 Å². The number of nitrogens with one attached hydrogen (secondary N) is 2. The van der Waals surface area contributed by atoms with Gasteiger partial charge in [-0.25, -0.2) is 4.79 Å². The van der Waals surface area contributed by atoms with E-state index in [2.05, 4.69) is 44.9 Å². The van der Waals surface area contributed by atoms with Crippen LogP contribution in [0.5, 0.6) is 11.5 Å². The zero-order chi connectivity index (χ0) is 21.1. The van der Waals surface area contributed by atoms with Crippen LogP contribution < -0.4 is 20.1 Å². The fourth-order valence-corrected chi connectivity index (χ4v) is 5.11. The summed E-state index contributed by atoms with van der Waals surface area (Å²) < 4.78 is 11.0. The average Bonchev–Trinajstić information content (AvgIpc) is 3.11. The summed E-state index contributed by atoms with van der Waals surface area (Å²) in [4.78, 5) is 14.9. The minimum atomic E-state index is -0.202. The molecule has 2 amide bonds. The molecule has 2 N–H and O–H groups in total. The summed E-state index contributed by atoms with van der Waals surface area (Å²) in [6, 6.07) is 8.30. The van der Waals surface area contributed by atoms with Gasteiger partial charge in [0.2, 0.25) is 0 Å². The number of hydrogen-bond donors (Lipinski definition) is 2. The van der Waals surface area contributed by atoms with E-state index in [0.29, 0.717) is 11.7 Å². The highest BCUT2D eigenvalue weighted by atomic mass is 16.5. The largest absolute Gasteiger partial charge is 0.493 e. The topological polar surface area (TPSA) is 88.6 Å². The van der Waals surface area contributed by atoms with Gasteiger partial charge in [-0.05, 0) is 63.0 Å². The summed E-state index contributed by atoms with van der Waals surface area (Å²) in [6.07, 6.45) is 7.05. The second kappa shape index (κ2) is 8.47. The Balaban J connectivity index is 1.49. The zero-order valence-electron chi connectivity index (χ0n) is 17.7. The van der Waals surface area contributed by atoms with Crippen LogP contribution >= 0.6 is 0 Å². The number of carbonyl (C=O) groups is 1. The van der Waals surface area contributed by atoms with Crippen molar-refractivity contribution in [1.82, 2.24) is 20.4 Å². The van der Waals surface area contributed by atoms with E-state index in [1.807, 2.05) is 6.07 Å². The normalized spacial score (nSPS) is 26.0. The lowest BCUT2D eigenvalue weighted by molar-refractivity contribution is 0.156. The van der Waals surface area contributed by atoms with Crippen molar-refractivity contribution in [2.24, 2.45) is 0 Å². The molecule has 2 fully saturated rings. The van der Waals surface area contributed by atoms with E-state index >= 15 is 0 Å². The third kappa shape index (κ3) is 3.79. The number of aromatic nitrogens is 2. The molecule has 2 aromatic rings. The molecule has 1 saturated heterocycles. The van der Waals surface area contributed by atoms with E-state index in [9.17, 15) is 4.79 Å². The van der Waals surface area contributed by atoms with Crippen LogP contribution in [0.25, 0.3) is 0 Å². The third-order valence-electron chi connectivity index (χ3n) is 6.66. The van der Waals surface area contributed by atoms with Crippen LogP contribution in [0.3, 0.4) is 0 Å². The van der Waals surface area contributed by atoms with Gasteiger partial charge in [0, 0.05) is 17.5 Å². The molecule has 1 aromatic carbocycles. The summed E-state index contributed by atoms with van der Waals surface area (Å²) >= 11 is 0. The number of rotatable bonds is 5. The van der Waals surface area contributed by atoms with Crippen molar-refractivity contribution in [3.05, 3.63) is 42.2 Å². The number of carbonyl (C=O) groups excluding carboxylic acids is 1. The Kier molecular flexibility index (Phi) is 5.76. The molecular weight excluding hydrogens is 382 g/mol. The molecule has 0 radical (unpaired) electrons. The average molecular weight is 412 g/mol. The maximum absolute atomic E-state index is 12.4. The van der Waals surface area contributed by atoms with Crippen LogP contribution in [0.2, 0.25) is 0 Å². The molecule has 3 atom stereocenters. The number of likely N-dealkylation sites (tertiary alicyclic amines) is 1. The SMILES string of the molecule is COc1ccc(C23CCC(NC(=O)Nc4ccnnc4)CC2N(C)CC3)cc1OC. The summed E-state index contributed by atoms with van der Waals surface area (Å²) in [5, 5.41) is 13.5. The van der Waals surface area contributed by atoms with Crippen LogP contribution in [-0.4, -0.2) is 61.0 Å². The van der Waals surface area contributed by atoms with E-state index in [-0.39, 0.29) is 17.5 Å². The van der Waals surface area contributed by atoms with Gasteiger partial charge in [0.1, 0.15) is 0 Å². The standard InChI is InChI=1S/C22H29N5O3/c1-27-11-9-22(15-4-5-18(29-2)19(12-15)30-3)8-6-16(13-20(22)27)25-21(28)26-17-7-10-23-24-14-17/h4-5,7,10,12,14,16,20H,6,8-9,11,13H2,1-3H3,(H2,23,25,26,28). The predicted molar refractivity (Wildman–Crippen MR) is 114 cm³/mol. The minimum Gasteiger partial charge on any atom is -0.493 e. The molecule has 4 rings (SSSR count). The van der Waals surface area contributed by atoms with Crippen LogP contribution in [-0.2, 0) is 5.41 Å². The molecule has 1 aromatic heterocycles. The first-order valence-corrected chi connectivity index (χ1v) is 10.3. The highest BCUT2D eigenvalue weighted by molar-refractivity contribution is 5.89. The molecule has 160 valence electrons. The molecule has 1 saturated carbocycles. The number of methoxy groups -OCH3 is 2. The van der Waals surface area contributed by atoms with Gasteiger partial charge in [-0.15, -0.1) is 0 Å². The van der Waals surface area contributed by atoms with Crippen LogP contribution in [0.15, 0.2) is 36.7 Å². The predicted octanol–water partition coefficient (Wildman–Crippen LogP) is 2.81. The van der Waals surface area contributed by atoms with Gasteiger partial charge < -0.3 is 25.0 Å². The lowest BCUT2D eigenvalue weighted by atomic mass is 9.65. The van der Waals surface area contributed by atoms with Crippen molar-refractivity contribution >= 4 is 11.7 Å². The van der Waals surface area contributed by atoms with Crippen molar-refractivity contribution < 1.29 is 14.3 Å². The van der Waals surface area contributed by atoms with Crippen LogP contribution in [0.1, 0.15) is 31.2 Å². The fraction of sp³-hybridized carbons (Fsp3) is 0.500. The van der Waals surface area contributed by atoms with Crippen LogP contribution in [0, 0.1) is 0 Å². The van der Waals surface area contributed by atoms with Crippen molar-refractivity contribution in [3.8, 4) is 11.5 Å². The second-order valence-electron chi connectivity index (χ2n) is 8.17. The molecule has 1 aliphatic heterocycles. The first-order chi connectivity index (χ1) is 14.6. The van der Waals surface area contributed by atoms with Crippen molar-refractivity contribution in [2.75, 3.05) is 33.1 Å². The monoisotopic (exact) mass is 411 g/mol. The maximum atomic E-state index is 12.4. The maximum Gasteiger partial charge on any atom is 0.319 e. The van der Waals surface area contributed by atoms with Crippen LogP contribution in [0.4, 0.5) is 10.5 Å². The molecule has 0 bridgehead atoms. The van der Waals surface area contributed by atoms with Gasteiger partial charge in [0.05, 0.1) is 32.3 Å². The molecule has 0 spiro atoms. The van der Waals surface area contributed by atoms with Gasteiger partial charge in [-0.2, -0.15) is 10.2 Å². The van der Waals surface area contributed by atoms with E-state index < -0.39 is 0 Å². The first kappa shape index (κ1) is 20.4. The molecule has 30 heavy (non-hydrogen) atoms.